The first-order valence-electron chi connectivity index (χ1n) is 19.4. The number of benzene rings is 3. The molecule has 2 amide bonds. The number of halogens is 2. The molecule has 6 rings (SSSR count). The molecule has 0 bridgehead atoms. The lowest BCUT2D eigenvalue weighted by Gasteiger charge is -2.43. The van der Waals surface area contributed by atoms with Crippen LogP contribution >= 0.6 is 23.2 Å². The van der Waals surface area contributed by atoms with E-state index in [0.717, 1.165) is 37.2 Å². The number of nitrogens with one attached hydrogen (secondary N) is 1. The highest BCUT2D eigenvalue weighted by atomic mass is 35.5. The summed E-state index contributed by atoms with van der Waals surface area (Å²) in [5, 5.41) is 14.3. The summed E-state index contributed by atoms with van der Waals surface area (Å²) in [7, 11) is 3.32. The van der Waals surface area contributed by atoms with Crippen LogP contribution < -0.4 is 10.2 Å². The highest BCUT2D eigenvalue weighted by Crippen LogP contribution is 2.37. The molecule has 2 atom stereocenters. The number of hydrogen-bond donors (Lipinski definition) is 1. The molecule has 304 valence electrons. The van der Waals surface area contributed by atoms with E-state index in [2.05, 4.69) is 42.9 Å². The number of amides is 2. The van der Waals surface area contributed by atoms with Crippen LogP contribution in [0, 0.1) is 0 Å². The van der Waals surface area contributed by atoms with E-state index in [-0.39, 0.29) is 29.7 Å². The fraction of sp³-hybridized carbons (Fsp3) is 0.463. The Morgan fingerprint density at radius 2 is 1.68 bits per heavy atom. The summed E-state index contributed by atoms with van der Waals surface area (Å²) in [4.78, 5) is 46.8. The lowest BCUT2D eigenvalue weighted by molar-refractivity contribution is -0.150. The number of carbonyl (C=O) groups is 3. The maximum atomic E-state index is 14.3. The van der Waals surface area contributed by atoms with Gasteiger partial charge in [0.05, 0.1) is 40.4 Å². The van der Waals surface area contributed by atoms with Crippen molar-refractivity contribution in [1.82, 2.24) is 45.3 Å². The monoisotopic (exact) mass is 819 g/mol. The molecule has 1 N–H and O–H groups in total. The zero-order valence-electron chi connectivity index (χ0n) is 32.9. The van der Waals surface area contributed by atoms with Gasteiger partial charge in [-0.1, -0.05) is 59.6 Å². The molecule has 0 radical (unpaired) electrons. The number of esters is 1. The Bertz CT molecular complexity index is 1970. The first kappa shape index (κ1) is 42.0. The normalized spacial score (nSPS) is 17.4. The number of nitrogens with zero attached hydrogens (tertiary/aromatic N) is 8. The van der Waals surface area contributed by atoms with Crippen LogP contribution in [0.1, 0.15) is 60.5 Å². The molecule has 57 heavy (non-hydrogen) atoms. The maximum absolute atomic E-state index is 14.3. The Labute approximate surface area is 343 Å². The van der Waals surface area contributed by atoms with Gasteiger partial charge < -0.3 is 19.3 Å². The number of tetrazole rings is 1. The number of likely N-dealkylation sites (N-methyl/N-ethyl adjacent to an activating group) is 1. The molecule has 0 aliphatic carbocycles. The van der Waals surface area contributed by atoms with Gasteiger partial charge in [0.25, 0.3) is 5.91 Å². The summed E-state index contributed by atoms with van der Waals surface area (Å²) in [6.07, 6.45) is 3.50. The van der Waals surface area contributed by atoms with Crippen LogP contribution in [0.2, 0.25) is 10.0 Å². The zero-order chi connectivity index (χ0) is 40.5. The summed E-state index contributed by atoms with van der Waals surface area (Å²) in [5.41, 5.74) is 5.56. The Kier molecular flexibility index (Phi) is 14.2. The van der Waals surface area contributed by atoms with Crippen LogP contribution in [0.3, 0.4) is 0 Å². The van der Waals surface area contributed by atoms with E-state index >= 15 is 0 Å². The molecule has 3 aromatic carbocycles. The van der Waals surface area contributed by atoms with Crippen molar-refractivity contribution in [3.63, 3.8) is 0 Å². The number of carbonyl (C=O) groups excluding carboxylic acids is 3. The minimum atomic E-state index is -0.696. The van der Waals surface area contributed by atoms with E-state index in [1.54, 1.807) is 36.2 Å². The molecule has 14 nitrogen and oxygen atoms in total. The van der Waals surface area contributed by atoms with Gasteiger partial charge in [0.15, 0.2) is 0 Å². The van der Waals surface area contributed by atoms with Gasteiger partial charge in [-0.05, 0) is 105 Å². The molecule has 2 aliphatic rings. The highest BCUT2D eigenvalue weighted by molar-refractivity contribution is 6.42. The third kappa shape index (κ3) is 9.93. The average Bonchev–Trinajstić information content (AvgIpc) is 3.79. The number of ether oxygens (including phenoxy) is 2. The van der Waals surface area contributed by atoms with Crippen molar-refractivity contribution in [3.8, 4) is 11.4 Å². The van der Waals surface area contributed by atoms with E-state index < -0.39 is 5.41 Å². The molecular weight excluding hydrogens is 769 g/mol. The maximum Gasteiger partial charge on any atom is 0.323 e. The standard InChI is InChI=1S/C41H51Cl2N9O5/c1-5-57-39(54)29(2)50-21-23-51(24-22-50)45-40(55)41(32-9-7-6-8-10-32)16-19-49(20-17-41)18-15-31(30-11-13-35(42)36(43)25-30)27-48(3)38(53)34-26-33(12-14-37(34)56-4)52-28-44-46-47-52/h6-14,25-26,28-29,31H,5,15-24,27H2,1-4H3,(H,45,55). The van der Waals surface area contributed by atoms with Crippen molar-refractivity contribution in [2.24, 2.45) is 0 Å². The highest BCUT2D eigenvalue weighted by Gasteiger charge is 2.44. The summed E-state index contributed by atoms with van der Waals surface area (Å²) < 4.78 is 12.3. The van der Waals surface area contributed by atoms with Gasteiger partial charge in [0.2, 0.25) is 5.91 Å². The summed E-state index contributed by atoms with van der Waals surface area (Å²) in [6, 6.07) is 20.6. The Morgan fingerprint density at radius 3 is 2.33 bits per heavy atom. The Hall–Kier alpha value is -4.60. The summed E-state index contributed by atoms with van der Waals surface area (Å²) in [6.45, 7) is 9.13. The summed E-state index contributed by atoms with van der Waals surface area (Å²) in [5.74, 6) is -0.0678. The molecule has 3 heterocycles. The second-order valence-corrected chi connectivity index (χ2v) is 15.5. The number of likely N-dealkylation sites (tertiary alicyclic amines) is 1. The fourth-order valence-electron chi connectivity index (χ4n) is 7.82. The largest absolute Gasteiger partial charge is 0.496 e. The summed E-state index contributed by atoms with van der Waals surface area (Å²) >= 11 is 12.8. The van der Waals surface area contributed by atoms with Crippen molar-refractivity contribution in [2.75, 3.05) is 73.1 Å². The molecule has 2 saturated heterocycles. The SMILES string of the molecule is CCOC(=O)C(C)N1CCN(NC(=O)C2(c3ccccc3)CCN(CCC(CN(C)C(=O)c3cc(-n4cnnn4)ccc3OC)c3ccc(Cl)c(Cl)c3)CC2)CC1. The minimum Gasteiger partial charge on any atom is -0.496 e. The lowest BCUT2D eigenvalue weighted by Crippen LogP contribution is -2.60. The molecule has 16 heteroatoms. The zero-order valence-corrected chi connectivity index (χ0v) is 34.5. The van der Waals surface area contributed by atoms with Crippen molar-refractivity contribution >= 4 is 41.0 Å². The Morgan fingerprint density at radius 1 is 0.947 bits per heavy atom. The van der Waals surface area contributed by atoms with E-state index in [4.69, 9.17) is 32.7 Å². The predicted molar refractivity (Wildman–Crippen MR) is 218 cm³/mol. The molecule has 2 fully saturated rings. The van der Waals surface area contributed by atoms with Crippen molar-refractivity contribution in [2.45, 2.75) is 50.5 Å². The number of rotatable bonds is 15. The van der Waals surface area contributed by atoms with Crippen LogP contribution in [0.15, 0.2) is 73.1 Å². The van der Waals surface area contributed by atoms with Crippen LogP contribution in [-0.2, 0) is 19.7 Å². The van der Waals surface area contributed by atoms with E-state index in [1.165, 1.54) is 18.1 Å². The van der Waals surface area contributed by atoms with Crippen LogP contribution in [-0.4, -0.2) is 137 Å². The first-order chi connectivity index (χ1) is 27.5. The molecule has 2 unspecified atom stereocenters. The number of piperidine rings is 1. The van der Waals surface area contributed by atoms with Crippen molar-refractivity contribution in [3.05, 3.63) is 99.8 Å². The second kappa shape index (κ2) is 19.2. The third-order valence-electron chi connectivity index (χ3n) is 11.3. The van der Waals surface area contributed by atoms with Crippen LogP contribution in [0.4, 0.5) is 0 Å². The Balaban J connectivity index is 1.12. The number of hydrazine groups is 1. The van der Waals surface area contributed by atoms with Gasteiger partial charge in [-0.2, -0.15) is 0 Å². The number of piperazine rings is 1. The molecule has 0 spiro atoms. The van der Waals surface area contributed by atoms with E-state index in [0.29, 0.717) is 79.2 Å². The number of aromatic nitrogens is 4. The van der Waals surface area contributed by atoms with Gasteiger partial charge in [-0.25, -0.2) is 9.69 Å². The molecule has 4 aromatic rings. The van der Waals surface area contributed by atoms with Gasteiger partial charge in [0.1, 0.15) is 18.1 Å². The van der Waals surface area contributed by atoms with Crippen molar-refractivity contribution in [1.29, 1.82) is 0 Å². The first-order valence-corrected chi connectivity index (χ1v) is 20.1. The van der Waals surface area contributed by atoms with E-state index in [9.17, 15) is 14.4 Å². The lowest BCUT2D eigenvalue weighted by atomic mass is 9.72. The molecule has 0 saturated carbocycles. The average molecular weight is 821 g/mol. The molecule has 2 aliphatic heterocycles. The minimum absolute atomic E-state index is 0.00589. The number of hydrogen-bond acceptors (Lipinski definition) is 11. The third-order valence-corrected chi connectivity index (χ3v) is 12.0. The van der Waals surface area contributed by atoms with Crippen molar-refractivity contribution < 1.29 is 23.9 Å². The topological polar surface area (TPSA) is 138 Å². The van der Waals surface area contributed by atoms with Gasteiger partial charge >= 0.3 is 5.97 Å². The fourth-order valence-corrected chi connectivity index (χ4v) is 8.12. The quantitative estimate of drug-likeness (QED) is 0.165. The predicted octanol–water partition coefficient (Wildman–Crippen LogP) is 4.86. The van der Waals surface area contributed by atoms with Crippen LogP contribution in [0.25, 0.3) is 5.69 Å². The van der Waals surface area contributed by atoms with Gasteiger partial charge in [-0.3, -0.25) is 24.7 Å². The van der Waals surface area contributed by atoms with Gasteiger partial charge in [-0.15, -0.1) is 5.10 Å². The second-order valence-electron chi connectivity index (χ2n) is 14.7. The smallest absolute Gasteiger partial charge is 0.323 e. The van der Waals surface area contributed by atoms with Crippen LogP contribution in [0.5, 0.6) is 5.75 Å². The van der Waals surface area contributed by atoms with Gasteiger partial charge in [0, 0.05) is 45.7 Å². The number of methoxy groups -OCH3 is 1. The van der Waals surface area contributed by atoms with E-state index in [1.807, 2.05) is 49.2 Å². The molecule has 1 aromatic heterocycles. The molecular formula is C41H51Cl2N9O5.